The topological polar surface area (TPSA) is 60.2 Å². The average Bonchev–Trinajstić information content (AvgIpc) is 2.33. The number of hydrogen-bond donors (Lipinski definition) is 1. The fraction of sp³-hybridized carbons (Fsp3) is 0.0769. The van der Waals surface area contributed by atoms with E-state index in [1.807, 2.05) is 0 Å². The molecule has 0 bridgehead atoms. The molecular formula is C13H11F2NO2S. The summed E-state index contributed by atoms with van der Waals surface area (Å²) in [6.45, 7) is 0. The molecule has 0 fully saturated rings. The summed E-state index contributed by atoms with van der Waals surface area (Å²) in [6.07, 6.45) is 0. The Hall–Kier alpha value is -1.95. The van der Waals surface area contributed by atoms with Gasteiger partial charge in [-0.25, -0.2) is 17.2 Å². The molecule has 0 spiro atoms. The van der Waals surface area contributed by atoms with Crippen LogP contribution in [0.1, 0.15) is 5.56 Å². The van der Waals surface area contributed by atoms with Gasteiger partial charge in [-0.2, -0.15) is 0 Å². The van der Waals surface area contributed by atoms with E-state index in [2.05, 4.69) is 0 Å². The molecule has 0 aliphatic heterocycles. The van der Waals surface area contributed by atoms with Gasteiger partial charge in [0.2, 0.25) is 0 Å². The Morgan fingerprint density at radius 1 is 1.00 bits per heavy atom. The number of benzene rings is 2. The van der Waals surface area contributed by atoms with Crippen LogP contribution in [-0.2, 0) is 15.6 Å². The third kappa shape index (κ3) is 3.08. The largest absolute Gasteiger partial charge is 0.399 e. The van der Waals surface area contributed by atoms with Gasteiger partial charge in [-0.1, -0.05) is 6.07 Å². The van der Waals surface area contributed by atoms with E-state index >= 15 is 0 Å². The van der Waals surface area contributed by atoms with E-state index in [9.17, 15) is 17.2 Å². The molecule has 0 heterocycles. The van der Waals surface area contributed by atoms with E-state index < -0.39 is 27.2 Å². The van der Waals surface area contributed by atoms with Gasteiger partial charge in [0.1, 0.15) is 11.6 Å². The van der Waals surface area contributed by atoms with Gasteiger partial charge in [-0.05, 0) is 36.4 Å². The van der Waals surface area contributed by atoms with Gasteiger partial charge in [-0.3, -0.25) is 0 Å². The minimum absolute atomic E-state index is 0.0264. The zero-order valence-electron chi connectivity index (χ0n) is 9.81. The average molecular weight is 283 g/mol. The van der Waals surface area contributed by atoms with Crippen LogP contribution in [0.2, 0.25) is 0 Å². The summed E-state index contributed by atoms with van der Waals surface area (Å²) in [5.41, 5.74) is 5.64. The van der Waals surface area contributed by atoms with Gasteiger partial charge >= 0.3 is 0 Å². The summed E-state index contributed by atoms with van der Waals surface area (Å²) in [4.78, 5) is -0.0508. The zero-order valence-corrected chi connectivity index (χ0v) is 10.6. The number of hydrogen-bond acceptors (Lipinski definition) is 3. The minimum Gasteiger partial charge on any atom is -0.399 e. The Morgan fingerprint density at radius 3 is 2.21 bits per heavy atom. The molecule has 2 aromatic rings. The van der Waals surface area contributed by atoms with Crippen molar-refractivity contribution >= 4 is 15.5 Å². The van der Waals surface area contributed by atoms with E-state index in [4.69, 9.17) is 5.73 Å². The lowest BCUT2D eigenvalue weighted by molar-refractivity contribution is 0.586. The SMILES string of the molecule is Nc1ccc(CS(=O)(=O)c2ccc(F)cc2)c(F)c1. The standard InChI is InChI=1S/C13H11F2NO2S/c14-10-2-5-12(6-3-10)19(17,18)8-9-1-4-11(16)7-13(9)15/h1-7H,8,16H2. The molecule has 6 heteroatoms. The van der Waals surface area contributed by atoms with Crippen molar-refractivity contribution in [3.8, 4) is 0 Å². The first-order valence-electron chi connectivity index (χ1n) is 5.41. The molecule has 0 unspecified atom stereocenters. The van der Waals surface area contributed by atoms with Crippen LogP contribution < -0.4 is 5.73 Å². The molecule has 100 valence electrons. The number of sulfone groups is 1. The normalized spacial score (nSPS) is 11.5. The van der Waals surface area contributed by atoms with Gasteiger partial charge in [0.15, 0.2) is 9.84 Å². The maximum atomic E-state index is 13.6. The van der Waals surface area contributed by atoms with Crippen molar-refractivity contribution in [3.05, 3.63) is 59.7 Å². The first-order valence-corrected chi connectivity index (χ1v) is 7.06. The van der Waals surface area contributed by atoms with Gasteiger partial charge in [0, 0.05) is 11.3 Å². The number of nitrogens with two attached hydrogens (primary N) is 1. The van der Waals surface area contributed by atoms with Crippen molar-refractivity contribution in [1.29, 1.82) is 0 Å². The Bertz CT molecular complexity index is 697. The highest BCUT2D eigenvalue weighted by molar-refractivity contribution is 7.90. The van der Waals surface area contributed by atoms with Gasteiger partial charge < -0.3 is 5.73 Å². The summed E-state index contributed by atoms with van der Waals surface area (Å²) in [6, 6.07) is 8.22. The van der Waals surface area contributed by atoms with E-state index in [1.165, 1.54) is 12.1 Å². The summed E-state index contributed by atoms with van der Waals surface area (Å²) < 4.78 is 50.4. The highest BCUT2D eigenvalue weighted by Gasteiger charge is 2.17. The fourth-order valence-corrected chi connectivity index (χ4v) is 2.97. The fourth-order valence-electron chi connectivity index (χ4n) is 1.61. The Morgan fingerprint density at radius 2 is 1.63 bits per heavy atom. The molecule has 3 nitrogen and oxygen atoms in total. The molecule has 0 radical (unpaired) electrons. The molecule has 0 aliphatic carbocycles. The maximum Gasteiger partial charge on any atom is 0.182 e. The predicted octanol–water partition coefficient (Wildman–Crippen LogP) is 2.52. The van der Waals surface area contributed by atoms with Crippen LogP contribution in [0.15, 0.2) is 47.4 Å². The highest BCUT2D eigenvalue weighted by Crippen LogP contribution is 2.20. The minimum atomic E-state index is -3.71. The second kappa shape index (κ2) is 4.97. The molecular weight excluding hydrogens is 272 g/mol. The van der Waals surface area contributed by atoms with Crippen LogP contribution in [0.5, 0.6) is 0 Å². The van der Waals surface area contributed by atoms with Crippen LogP contribution in [0, 0.1) is 11.6 Å². The molecule has 0 amide bonds. The van der Waals surface area contributed by atoms with Crippen molar-refractivity contribution in [2.24, 2.45) is 0 Å². The second-order valence-corrected chi connectivity index (χ2v) is 6.05. The molecule has 0 aliphatic rings. The van der Waals surface area contributed by atoms with Crippen molar-refractivity contribution in [3.63, 3.8) is 0 Å². The maximum absolute atomic E-state index is 13.6. The molecule has 0 saturated carbocycles. The molecule has 2 aromatic carbocycles. The van der Waals surface area contributed by atoms with E-state index in [-0.39, 0.29) is 16.1 Å². The van der Waals surface area contributed by atoms with E-state index in [0.29, 0.717) is 0 Å². The van der Waals surface area contributed by atoms with Crippen LogP contribution in [-0.4, -0.2) is 8.42 Å². The van der Waals surface area contributed by atoms with Crippen LogP contribution in [0.3, 0.4) is 0 Å². The van der Waals surface area contributed by atoms with Crippen molar-refractivity contribution < 1.29 is 17.2 Å². The van der Waals surface area contributed by atoms with E-state index in [1.54, 1.807) is 0 Å². The molecule has 2 N–H and O–H groups in total. The lowest BCUT2D eigenvalue weighted by Gasteiger charge is -2.06. The summed E-state index contributed by atoms with van der Waals surface area (Å²) in [7, 11) is -3.71. The third-order valence-electron chi connectivity index (χ3n) is 2.60. The summed E-state index contributed by atoms with van der Waals surface area (Å²) >= 11 is 0. The van der Waals surface area contributed by atoms with Gasteiger partial charge in [0.25, 0.3) is 0 Å². The predicted molar refractivity (Wildman–Crippen MR) is 68.1 cm³/mol. The number of nitrogen functional groups attached to an aromatic ring is 1. The lowest BCUT2D eigenvalue weighted by Crippen LogP contribution is -2.07. The molecule has 19 heavy (non-hydrogen) atoms. The van der Waals surface area contributed by atoms with Crippen LogP contribution in [0.25, 0.3) is 0 Å². The quantitative estimate of drug-likeness (QED) is 0.695. The van der Waals surface area contributed by atoms with E-state index in [0.717, 1.165) is 30.3 Å². The lowest BCUT2D eigenvalue weighted by atomic mass is 10.2. The highest BCUT2D eigenvalue weighted by atomic mass is 32.2. The van der Waals surface area contributed by atoms with Crippen molar-refractivity contribution in [2.45, 2.75) is 10.6 Å². The molecule has 0 aromatic heterocycles. The van der Waals surface area contributed by atoms with Crippen LogP contribution in [0.4, 0.5) is 14.5 Å². The van der Waals surface area contributed by atoms with Gasteiger partial charge in [0.05, 0.1) is 10.6 Å². The van der Waals surface area contributed by atoms with Gasteiger partial charge in [-0.15, -0.1) is 0 Å². The number of rotatable bonds is 3. The monoisotopic (exact) mass is 283 g/mol. The Kier molecular flexibility index (Phi) is 3.53. The number of anilines is 1. The Labute approximate surface area is 109 Å². The first-order chi connectivity index (χ1) is 8.88. The van der Waals surface area contributed by atoms with Crippen molar-refractivity contribution in [1.82, 2.24) is 0 Å². The first kappa shape index (κ1) is 13.5. The molecule has 0 atom stereocenters. The Balaban J connectivity index is 2.33. The molecule has 0 saturated heterocycles. The van der Waals surface area contributed by atoms with Crippen LogP contribution >= 0.6 is 0 Å². The zero-order chi connectivity index (χ0) is 14.0. The summed E-state index contributed by atoms with van der Waals surface area (Å²) in [5, 5.41) is 0. The van der Waals surface area contributed by atoms with Crippen molar-refractivity contribution in [2.75, 3.05) is 5.73 Å². The summed E-state index contributed by atoms with van der Waals surface area (Å²) in [5.74, 6) is -1.70. The second-order valence-electron chi connectivity index (χ2n) is 4.06. The third-order valence-corrected chi connectivity index (χ3v) is 4.28. The smallest absolute Gasteiger partial charge is 0.182 e. The number of halogens is 2. The molecule has 2 rings (SSSR count).